The summed E-state index contributed by atoms with van der Waals surface area (Å²) in [5, 5.41) is 13.1. The van der Waals surface area contributed by atoms with Gasteiger partial charge in [0.25, 0.3) is 5.91 Å². The summed E-state index contributed by atoms with van der Waals surface area (Å²) in [7, 11) is 2.55. The van der Waals surface area contributed by atoms with Gasteiger partial charge in [0.05, 0.1) is 49.6 Å². The van der Waals surface area contributed by atoms with E-state index < -0.39 is 24.3 Å². The minimum Gasteiger partial charge on any atom is -0.453 e. The standard InChI is InChI=1S/C48H46N8O6/c1-61-47(59)51-42(35-11-5-3-6-12-35)45(57)55-27-9-15-40(55)38-29-37(53-54-38)33-23-19-31(20-24-33)17-18-32-21-25-34(26-22-32)39-30-49-44(50-39)41-16-10-28-56(41)46(58)43(52-48(60)62-2)36-13-7-4-8-14-36/h3-8,11-14,19-26,29-30,40-43H,9-10,15-16,27-28H2,1-2H3,(H,49,50)(H,51,59)(H,52,60)(H,53,54). The molecular formula is C48H46N8O6. The molecule has 2 saturated heterocycles. The van der Waals surface area contributed by atoms with Crippen molar-refractivity contribution in [3.63, 3.8) is 0 Å². The van der Waals surface area contributed by atoms with Gasteiger partial charge in [-0.15, -0.1) is 0 Å². The van der Waals surface area contributed by atoms with Crippen molar-refractivity contribution in [2.45, 2.75) is 49.9 Å². The number of H-pyrrole nitrogens is 2. The zero-order chi connectivity index (χ0) is 43.0. The van der Waals surface area contributed by atoms with Crippen molar-refractivity contribution in [3.05, 3.63) is 155 Å². The van der Waals surface area contributed by atoms with Gasteiger partial charge in [0.1, 0.15) is 17.9 Å². The molecule has 2 aromatic heterocycles. The molecule has 0 spiro atoms. The van der Waals surface area contributed by atoms with Crippen molar-refractivity contribution in [1.29, 1.82) is 0 Å². The Morgan fingerprint density at radius 1 is 0.677 bits per heavy atom. The second-order valence-electron chi connectivity index (χ2n) is 15.1. The van der Waals surface area contributed by atoms with Crippen LogP contribution in [-0.4, -0.2) is 81.3 Å². The third-order valence-electron chi connectivity index (χ3n) is 11.3. The highest BCUT2D eigenvalue weighted by Crippen LogP contribution is 2.36. The smallest absolute Gasteiger partial charge is 0.407 e. The Kier molecular flexibility index (Phi) is 12.4. The molecule has 314 valence electrons. The van der Waals surface area contributed by atoms with Crippen LogP contribution < -0.4 is 10.6 Å². The number of benzene rings is 4. The van der Waals surface area contributed by atoms with Gasteiger partial charge in [-0.2, -0.15) is 5.10 Å². The Morgan fingerprint density at radius 3 is 1.71 bits per heavy atom. The number of nitrogens with zero attached hydrogens (tertiary/aromatic N) is 4. The second kappa shape index (κ2) is 18.7. The van der Waals surface area contributed by atoms with Gasteiger partial charge in [0.15, 0.2) is 0 Å². The monoisotopic (exact) mass is 830 g/mol. The van der Waals surface area contributed by atoms with Crippen molar-refractivity contribution in [3.8, 4) is 34.4 Å². The molecule has 4 aromatic carbocycles. The lowest BCUT2D eigenvalue weighted by atomic mass is 10.0. The number of aromatic nitrogens is 4. The fourth-order valence-electron chi connectivity index (χ4n) is 8.13. The van der Waals surface area contributed by atoms with Gasteiger partial charge < -0.3 is 34.9 Å². The normalized spacial score (nSPS) is 16.7. The molecule has 2 fully saturated rings. The van der Waals surface area contributed by atoms with Crippen LogP contribution in [0.5, 0.6) is 0 Å². The molecule has 8 rings (SSSR count). The number of rotatable bonds is 10. The van der Waals surface area contributed by atoms with E-state index in [2.05, 4.69) is 42.6 Å². The summed E-state index contributed by atoms with van der Waals surface area (Å²) in [6.07, 6.45) is 3.57. The van der Waals surface area contributed by atoms with Crippen molar-refractivity contribution in [1.82, 2.24) is 40.6 Å². The maximum absolute atomic E-state index is 13.9. The van der Waals surface area contributed by atoms with E-state index in [1.165, 1.54) is 14.2 Å². The molecule has 2 aliphatic heterocycles. The predicted molar refractivity (Wildman–Crippen MR) is 231 cm³/mol. The lowest BCUT2D eigenvalue weighted by molar-refractivity contribution is -0.135. The maximum atomic E-state index is 13.9. The van der Waals surface area contributed by atoms with Crippen molar-refractivity contribution in [2.75, 3.05) is 27.3 Å². The number of hydrogen-bond donors (Lipinski definition) is 4. The number of aromatic amines is 2. The number of amides is 4. The molecular weight excluding hydrogens is 785 g/mol. The summed E-state index contributed by atoms with van der Waals surface area (Å²) < 4.78 is 9.64. The van der Waals surface area contributed by atoms with E-state index in [4.69, 9.17) is 9.47 Å². The highest BCUT2D eigenvalue weighted by atomic mass is 16.5. The second-order valence-corrected chi connectivity index (χ2v) is 15.1. The van der Waals surface area contributed by atoms with Gasteiger partial charge in [-0.05, 0) is 72.7 Å². The van der Waals surface area contributed by atoms with Crippen LogP contribution in [0.1, 0.15) is 83.6 Å². The molecule has 4 heterocycles. The molecule has 0 bridgehead atoms. The largest absolute Gasteiger partial charge is 0.453 e. The number of alkyl carbamates (subject to hydrolysis) is 2. The van der Waals surface area contributed by atoms with Gasteiger partial charge >= 0.3 is 12.2 Å². The van der Waals surface area contributed by atoms with E-state index in [0.717, 1.165) is 65.0 Å². The van der Waals surface area contributed by atoms with Crippen LogP contribution in [0, 0.1) is 11.8 Å². The van der Waals surface area contributed by atoms with Crippen molar-refractivity contribution >= 4 is 24.0 Å². The number of hydrogen-bond acceptors (Lipinski definition) is 8. The van der Waals surface area contributed by atoms with Crippen LogP contribution in [0.15, 0.2) is 121 Å². The summed E-state index contributed by atoms with van der Waals surface area (Å²) in [6.45, 7) is 1.10. The summed E-state index contributed by atoms with van der Waals surface area (Å²) in [5.41, 5.74) is 7.28. The lowest BCUT2D eigenvalue weighted by Gasteiger charge is -2.28. The van der Waals surface area contributed by atoms with Gasteiger partial charge in [-0.25, -0.2) is 14.6 Å². The average molecular weight is 831 g/mol. The van der Waals surface area contributed by atoms with Crippen LogP contribution in [-0.2, 0) is 19.1 Å². The minimum atomic E-state index is -0.886. The Balaban J connectivity index is 0.901. The summed E-state index contributed by atoms with van der Waals surface area (Å²) in [4.78, 5) is 63.8. The molecule has 4 unspecified atom stereocenters. The number of methoxy groups -OCH3 is 2. The van der Waals surface area contributed by atoms with Crippen LogP contribution in [0.4, 0.5) is 9.59 Å². The fourth-order valence-corrected chi connectivity index (χ4v) is 8.13. The maximum Gasteiger partial charge on any atom is 0.407 e. The molecule has 4 N–H and O–H groups in total. The number of carbonyl (C=O) groups excluding carboxylic acids is 4. The third kappa shape index (κ3) is 9.07. The van der Waals surface area contributed by atoms with Gasteiger partial charge in [0, 0.05) is 29.8 Å². The molecule has 62 heavy (non-hydrogen) atoms. The fraction of sp³-hybridized carbons (Fsp3) is 0.250. The van der Waals surface area contributed by atoms with E-state index in [1.807, 2.05) is 115 Å². The van der Waals surface area contributed by atoms with Crippen LogP contribution >= 0.6 is 0 Å². The number of ether oxygens (including phenoxy) is 2. The van der Waals surface area contributed by atoms with Gasteiger partial charge in [-0.1, -0.05) is 96.8 Å². The summed E-state index contributed by atoms with van der Waals surface area (Å²) in [6, 6.07) is 33.8. The first-order valence-electron chi connectivity index (χ1n) is 20.5. The summed E-state index contributed by atoms with van der Waals surface area (Å²) >= 11 is 0. The van der Waals surface area contributed by atoms with Crippen LogP contribution in [0.2, 0.25) is 0 Å². The zero-order valence-electron chi connectivity index (χ0n) is 34.3. The Bertz CT molecular complexity index is 2400. The van der Waals surface area contributed by atoms with E-state index in [-0.39, 0.29) is 23.9 Å². The number of nitrogens with one attached hydrogen (secondary N) is 4. The zero-order valence-corrected chi connectivity index (χ0v) is 34.3. The first kappa shape index (κ1) is 41.1. The van der Waals surface area contributed by atoms with Crippen molar-refractivity contribution in [2.24, 2.45) is 0 Å². The third-order valence-corrected chi connectivity index (χ3v) is 11.3. The Labute approximate surface area is 359 Å². The molecule has 0 radical (unpaired) electrons. The average Bonchev–Trinajstić information content (AvgIpc) is 4.17. The van der Waals surface area contributed by atoms with Crippen LogP contribution in [0.3, 0.4) is 0 Å². The van der Waals surface area contributed by atoms with Crippen LogP contribution in [0.25, 0.3) is 22.5 Å². The van der Waals surface area contributed by atoms with Gasteiger partial charge in [-0.3, -0.25) is 14.7 Å². The number of likely N-dealkylation sites (tertiary alicyclic amines) is 2. The Morgan fingerprint density at radius 2 is 1.18 bits per heavy atom. The van der Waals surface area contributed by atoms with E-state index in [1.54, 1.807) is 16.0 Å². The SMILES string of the molecule is COC(=O)NC(C(=O)N1CCCC1c1cc(-c2ccc(C#Cc3ccc(-c4cnc(C5CCCN5C(=O)C(NC(=O)OC)c5ccccc5)[nH]4)cc3)cc2)n[nH]1)c1ccccc1. The molecule has 0 aliphatic carbocycles. The first-order valence-corrected chi connectivity index (χ1v) is 20.5. The molecule has 6 aromatic rings. The predicted octanol–water partition coefficient (Wildman–Crippen LogP) is 7.39. The Hall–Kier alpha value is -7.66. The van der Waals surface area contributed by atoms with Crippen molar-refractivity contribution < 1.29 is 28.7 Å². The van der Waals surface area contributed by atoms with E-state index >= 15 is 0 Å². The summed E-state index contributed by atoms with van der Waals surface area (Å²) in [5.74, 6) is 6.76. The topological polar surface area (TPSA) is 175 Å². The number of carbonyl (C=O) groups is 4. The number of imidazole rings is 1. The highest BCUT2D eigenvalue weighted by molar-refractivity contribution is 5.88. The molecule has 14 heteroatoms. The molecule has 2 aliphatic rings. The highest BCUT2D eigenvalue weighted by Gasteiger charge is 2.38. The molecule has 14 nitrogen and oxygen atoms in total. The minimum absolute atomic E-state index is 0.208. The van der Waals surface area contributed by atoms with Gasteiger partial charge in [0.2, 0.25) is 5.91 Å². The first-order chi connectivity index (χ1) is 30.3. The molecule has 0 saturated carbocycles. The quantitative estimate of drug-likeness (QED) is 0.103. The lowest BCUT2D eigenvalue weighted by Crippen LogP contribution is -2.42. The molecule has 4 amide bonds. The van der Waals surface area contributed by atoms with E-state index in [9.17, 15) is 19.2 Å². The molecule has 4 atom stereocenters. The van der Waals surface area contributed by atoms with E-state index in [0.29, 0.717) is 30.0 Å².